The van der Waals surface area contributed by atoms with Crippen LogP contribution < -0.4 is 10.5 Å². The average Bonchev–Trinajstić information content (AvgIpc) is 2.67. The van der Waals surface area contributed by atoms with E-state index in [1.54, 1.807) is 6.92 Å². The number of benzene rings is 1. The fourth-order valence-electron chi connectivity index (χ4n) is 2.39. The molecule has 8 heteroatoms. The molecule has 0 saturated carbocycles. The van der Waals surface area contributed by atoms with E-state index >= 15 is 0 Å². The number of hydrogen-bond acceptors (Lipinski definition) is 4. The van der Waals surface area contributed by atoms with Gasteiger partial charge in [-0.1, -0.05) is 25.5 Å². The lowest BCUT2D eigenvalue weighted by Gasteiger charge is -2.22. The number of nitrogens with two attached hydrogens (primary N) is 1. The van der Waals surface area contributed by atoms with Crippen molar-refractivity contribution in [2.45, 2.75) is 37.1 Å². The van der Waals surface area contributed by atoms with Crippen LogP contribution in [0.1, 0.15) is 32.3 Å². The lowest BCUT2D eigenvalue weighted by atomic mass is 9.92. The number of nitrogens with zero attached hydrogens (tertiary/aromatic N) is 1. The quantitative estimate of drug-likeness (QED) is 0.784. The minimum atomic E-state index is -3.79. The summed E-state index contributed by atoms with van der Waals surface area (Å²) in [5, 5.41) is 7.72. The molecule has 1 heterocycles. The molecular weight excluding hydrogens is 306 g/mol. The molecule has 1 fully saturated rings. The van der Waals surface area contributed by atoms with Gasteiger partial charge in [0.2, 0.25) is 10.0 Å². The molecule has 0 spiro atoms. The third kappa shape index (κ3) is 2.84. The van der Waals surface area contributed by atoms with Crippen LogP contribution in [0.4, 0.5) is 4.79 Å². The van der Waals surface area contributed by atoms with Crippen molar-refractivity contribution in [2.24, 2.45) is 5.14 Å². The normalized spacial score (nSPS) is 22.0. The van der Waals surface area contributed by atoms with Crippen LogP contribution in [0.25, 0.3) is 0 Å². The zero-order valence-corrected chi connectivity index (χ0v) is 13.3. The van der Waals surface area contributed by atoms with Gasteiger partial charge >= 0.3 is 6.03 Å². The first-order valence-electron chi connectivity index (χ1n) is 6.97. The molecule has 0 unspecified atom stereocenters. The molecule has 1 saturated heterocycles. The highest BCUT2D eigenvalue weighted by molar-refractivity contribution is 7.89. The summed E-state index contributed by atoms with van der Waals surface area (Å²) >= 11 is 0. The number of primary sulfonamides is 1. The van der Waals surface area contributed by atoms with E-state index in [1.165, 1.54) is 29.2 Å². The van der Waals surface area contributed by atoms with Gasteiger partial charge in [-0.2, -0.15) is 0 Å². The average molecular weight is 325 g/mol. The van der Waals surface area contributed by atoms with Crippen molar-refractivity contribution in [1.29, 1.82) is 0 Å². The zero-order chi connectivity index (χ0) is 16.5. The third-order valence-electron chi connectivity index (χ3n) is 3.77. The summed E-state index contributed by atoms with van der Waals surface area (Å²) in [5.74, 6) is -0.339. The van der Waals surface area contributed by atoms with Crippen LogP contribution in [0, 0.1) is 0 Å². The highest BCUT2D eigenvalue weighted by Gasteiger charge is 2.48. The third-order valence-corrected chi connectivity index (χ3v) is 4.70. The van der Waals surface area contributed by atoms with Gasteiger partial charge in [0.15, 0.2) is 0 Å². The van der Waals surface area contributed by atoms with Crippen molar-refractivity contribution in [1.82, 2.24) is 10.2 Å². The first-order valence-corrected chi connectivity index (χ1v) is 8.52. The molecule has 1 aliphatic heterocycles. The van der Waals surface area contributed by atoms with Crippen LogP contribution >= 0.6 is 0 Å². The monoisotopic (exact) mass is 325 g/mol. The maximum absolute atomic E-state index is 12.5. The molecule has 3 amide bonds. The van der Waals surface area contributed by atoms with Crippen LogP contribution in [-0.4, -0.2) is 31.8 Å². The fraction of sp³-hybridized carbons (Fsp3) is 0.429. The zero-order valence-electron chi connectivity index (χ0n) is 12.5. The second-order valence-corrected chi connectivity index (χ2v) is 7.00. The summed E-state index contributed by atoms with van der Waals surface area (Å²) in [7, 11) is -3.79. The number of nitrogens with one attached hydrogen (secondary N) is 1. The number of carbonyl (C=O) groups excluding carboxylic acids is 2. The Bertz CT molecular complexity index is 699. The van der Waals surface area contributed by atoms with Crippen molar-refractivity contribution < 1.29 is 18.0 Å². The maximum Gasteiger partial charge on any atom is 0.325 e. The summed E-state index contributed by atoms with van der Waals surface area (Å²) in [6, 6.07) is 5.19. The molecule has 7 nitrogen and oxygen atoms in total. The summed E-state index contributed by atoms with van der Waals surface area (Å²) in [6.07, 6.45) is 1.61. The minimum Gasteiger partial charge on any atom is -0.319 e. The Hall–Kier alpha value is -1.93. The first kappa shape index (κ1) is 16.4. The molecule has 0 bridgehead atoms. The Labute approximate surface area is 129 Å². The Balaban J connectivity index is 2.31. The Morgan fingerprint density at radius 2 is 1.82 bits per heavy atom. The highest BCUT2D eigenvalue weighted by atomic mass is 32.2. The van der Waals surface area contributed by atoms with E-state index in [1.807, 2.05) is 6.92 Å². The number of urea groups is 1. The van der Waals surface area contributed by atoms with E-state index in [0.717, 1.165) is 12.8 Å². The molecule has 2 rings (SSSR count). The van der Waals surface area contributed by atoms with Crippen LogP contribution in [0.5, 0.6) is 0 Å². The lowest BCUT2D eigenvalue weighted by molar-refractivity contribution is -0.131. The van der Waals surface area contributed by atoms with Crippen molar-refractivity contribution >= 4 is 22.0 Å². The first-order chi connectivity index (χ1) is 10.2. The van der Waals surface area contributed by atoms with Gasteiger partial charge in [0.1, 0.15) is 5.54 Å². The number of amides is 3. The topological polar surface area (TPSA) is 110 Å². The van der Waals surface area contributed by atoms with Crippen molar-refractivity contribution in [3.05, 3.63) is 29.8 Å². The number of unbranched alkanes of at least 4 members (excludes halogenated alkanes) is 1. The number of rotatable bonds is 5. The van der Waals surface area contributed by atoms with Gasteiger partial charge in [-0.25, -0.2) is 18.4 Å². The number of carbonyl (C=O) groups is 2. The highest BCUT2D eigenvalue weighted by Crippen LogP contribution is 2.29. The molecule has 3 N–H and O–H groups in total. The van der Waals surface area contributed by atoms with Crippen LogP contribution in [-0.2, 0) is 20.4 Å². The lowest BCUT2D eigenvalue weighted by Crippen LogP contribution is -2.41. The SMILES string of the molecule is CCCCN1C(=O)N[C@@](C)(c2ccc(S(N)(=O)=O)cc2)C1=O. The molecule has 120 valence electrons. The van der Waals surface area contributed by atoms with E-state index in [-0.39, 0.29) is 10.8 Å². The summed E-state index contributed by atoms with van der Waals surface area (Å²) in [5.41, 5.74) is -0.681. The molecule has 1 aromatic carbocycles. The van der Waals surface area contributed by atoms with Crippen LogP contribution in [0.3, 0.4) is 0 Å². The second kappa shape index (κ2) is 5.69. The Morgan fingerprint density at radius 3 is 2.32 bits per heavy atom. The molecule has 0 aliphatic carbocycles. The van der Waals surface area contributed by atoms with Gasteiger partial charge in [0.25, 0.3) is 5.91 Å². The molecule has 0 radical (unpaired) electrons. The largest absolute Gasteiger partial charge is 0.325 e. The molecule has 1 aliphatic rings. The van der Waals surface area contributed by atoms with E-state index < -0.39 is 21.6 Å². The number of hydrogen-bond donors (Lipinski definition) is 2. The van der Waals surface area contributed by atoms with Gasteiger partial charge in [0, 0.05) is 6.54 Å². The predicted molar refractivity (Wildman–Crippen MR) is 80.3 cm³/mol. The fourth-order valence-corrected chi connectivity index (χ4v) is 2.91. The smallest absolute Gasteiger partial charge is 0.319 e. The van der Waals surface area contributed by atoms with E-state index in [4.69, 9.17) is 5.14 Å². The molecule has 1 aromatic rings. The van der Waals surface area contributed by atoms with Crippen molar-refractivity contribution in [3.63, 3.8) is 0 Å². The Morgan fingerprint density at radius 1 is 1.23 bits per heavy atom. The van der Waals surface area contributed by atoms with Crippen LogP contribution in [0.15, 0.2) is 29.2 Å². The van der Waals surface area contributed by atoms with Gasteiger partial charge < -0.3 is 5.32 Å². The van der Waals surface area contributed by atoms with Gasteiger partial charge in [0.05, 0.1) is 4.90 Å². The summed E-state index contributed by atoms with van der Waals surface area (Å²) < 4.78 is 22.5. The van der Waals surface area contributed by atoms with E-state index in [0.29, 0.717) is 12.1 Å². The number of imide groups is 1. The van der Waals surface area contributed by atoms with Gasteiger partial charge in [-0.05, 0) is 31.0 Å². The van der Waals surface area contributed by atoms with Crippen LogP contribution in [0.2, 0.25) is 0 Å². The summed E-state index contributed by atoms with van der Waals surface area (Å²) in [4.78, 5) is 25.7. The molecule has 0 aromatic heterocycles. The van der Waals surface area contributed by atoms with E-state index in [2.05, 4.69) is 5.32 Å². The number of sulfonamides is 1. The summed E-state index contributed by atoms with van der Waals surface area (Å²) in [6.45, 7) is 3.95. The Kier molecular flexibility index (Phi) is 4.25. The minimum absolute atomic E-state index is 0.0422. The predicted octanol–water partition coefficient (Wildman–Crippen LogP) is 0.901. The maximum atomic E-state index is 12.5. The standard InChI is InChI=1S/C14H19N3O4S/c1-3-4-9-17-12(18)14(2,16-13(17)19)10-5-7-11(8-6-10)22(15,20)21/h5-8H,3-4,9H2,1-2H3,(H,16,19)(H2,15,20,21)/t14-/m0/s1. The molecule has 1 atom stereocenters. The second-order valence-electron chi connectivity index (χ2n) is 5.43. The molecular formula is C14H19N3O4S. The molecule has 22 heavy (non-hydrogen) atoms. The van der Waals surface area contributed by atoms with Gasteiger partial charge in [-0.3, -0.25) is 9.69 Å². The van der Waals surface area contributed by atoms with Crippen molar-refractivity contribution in [2.75, 3.05) is 6.54 Å². The van der Waals surface area contributed by atoms with Gasteiger partial charge in [-0.15, -0.1) is 0 Å². The van der Waals surface area contributed by atoms with Crippen molar-refractivity contribution in [3.8, 4) is 0 Å². The van der Waals surface area contributed by atoms with E-state index in [9.17, 15) is 18.0 Å².